The van der Waals surface area contributed by atoms with Crippen LogP contribution >= 0.6 is 0 Å². The Morgan fingerprint density at radius 2 is 2.12 bits per heavy atom. The molecule has 0 aliphatic carbocycles. The molecule has 1 saturated heterocycles. The first-order valence-corrected chi connectivity index (χ1v) is 9.80. The summed E-state index contributed by atoms with van der Waals surface area (Å²) >= 11 is 0. The van der Waals surface area contributed by atoms with E-state index in [9.17, 15) is 20.4 Å². The predicted octanol–water partition coefficient (Wildman–Crippen LogP) is -0.430. The highest BCUT2D eigenvalue weighted by atomic mass is 16.6. The number of phenolic OH excluding ortho intramolecular Hbond substituents is 1. The van der Waals surface area contributed by atoms with E-state index in [-0.39, 0.29) is 28.7 Å². The molecule has 32 heavy (non-hydrogen) atoms. The Kier molecular flexibility index (Phi) is 6.05. The van der Waals surface area contributed by atoms with Crippen molar-refractivity contribution in [3.05, 3.63) is 30.1 Å². The monoisotopic (exact) mass is 445 g/mol. The average molecular weight is 445 g/mol. The number of aromatic hydroxyl groups is 1. The van der Waals surface area contributed by atoms with Crippen molar-refractivity contribution in [2.45, 2.75) is 31.5 Å². The number of nitrogens with two attached hydrogens (primary N) is 1. The van der Waals surface area contributed by atoms with Gasteiger partial charge in [-0.25, -0.2) is 10.4 Å². The number of nitrogens with zero attached hydrogens (tertiary/aromatic N) is 5. The van der Waals surface area contributed by atoms with Gasteiger partial charge in [0.05, 0.1) is 25.8 Å². The number of fused-ring (bicyclic) bond motifs is 1. The molecular weight excluding hydrogens is 422 g/mol. The second-order valence-corrected chi connectivity index (χ2v) is 7.02. The molecule has 2 aromatic heterocycles. The number of aliphatic hydroxyl groups is 3. The smallest absolute Gasteiger partial charge is 0.247 e. The van der Waals surface area contributed by atoms with Crippen molar-refractivity contribution in [1.82, 2.24) is 19.5 Å². The van der Waals surface area contributed by atoms with Gasteiger partial charge in [-0.3, -0.25) is 4.57 Å². The third-order valence-corrected chi connectivity index (χ3v) is 4.90. The Balaban J connectivity index is 1.58. The van der Waals surface area contributed by atoms with E-state index >= 15 is 0 Å². The molecule has 0 spiro atoms. The normalized spacial score (nSPS) is 23.2. The van der Waals surface area contributed by atoms with E-state index in [0.717, 1.165) is 0 Å². The van der Waals surface area contributed by atoms with Crippen LogP contribution in [0.1, 0.15) is 18.7 Å². The van der Waals surface area contributed by atoms with Gasteiger partial charge in [-0.2, -0.15) is 15.1 Å². The van der Waals surface area contributed by atoms with Crippen LogP contribution < -0.4 is 15.9 Å². The number of ether oxygens (including phenoxy) is 2. The largest absolute Gasteiger partial charge is 0.504 e. The van der Waals surface area contributed by atoms with Gasteiger partial charge in [0, 0.05) is 0 Å². The van der Waals surface area contributed by atoms with Crippen molar-refractivity contribution >= 4 is 29.1 Å². The van der Waals surface area contributed by atoms with E-state index in [1.807, 2.05) is 6.92 Å². The van der Waals surface area contributed by atoms with Gasteiger partial charge in [0.2, 0.25) is 5.95 Å². The number of aromatic nitrogens is 4. The van der Waals surface area contributed by atoms with Crippen LogP contribution in [0.3, 0.4) is 0 Å². The number of aliphatic hydroxyl groups excluding tert-OH is 3. The van der Waals surface area contributed by atoms with Gasteiger partial charge in [-0.15, -0.1) is 0 Å². The summed E-state index contributed by atoms with van der Waals surface area (Å²) in [4.78, 5) is 12.6. The van der Waals surface area contributed by atoms with E-state index in [4.69, 9.17) is 15.2 Å². The van der Waals surface area contributed by atoms with Crippen LogP contribution in [-0.2, 0) is 4.74 Å². The summed E-state index contributed by atoms with van der Waals surface area (Å²) in [6.45, 7) is 1.76. The van der Waals surface area contributed by atoms with Crippen LogP contribution in [0.4, 0.5) is 11.8 Å². The number of benzene rings is 1. The number of anilines is 2. The summed E-state index contributed by atoms with van der Waals surface area (Å²) in [6, 6.07) is 4.77. The number of nitrogen functional groups attached to an aromatic ring is 1. The summed E-state index contributed by atoms with van der Waals surface area (Å²) in [5, 5.41) is 43.5. The van der Waals surface area contributed by atoms with Crippen LogP contribution in [0.15, 0.2) is 29.6 Å². The van der Waals surface area contributed by atoms with Crippen LogP contribution in [0.2, 0.25) is 0 Å². The quantitative estimate of drug-likeness (QED) is 0.204. The zero-order chi connectivity index (χ0) is 22.8. The van der Waals surface area contributed by atoms with Gasteiger partial charge in [-0.05, 0) is 30.7 Å². The molecule has 13 heteroatoms. The highest BCUT2D eigenvalue weighted by Gasteiger charge is 2.44. The predicted molar refractivity (Wildman–Crippen MR) is 113 cm³/mol. The van der Waals surface area contributed by atoms with Gasteiger partial charge < -0.3 is 35.6 Å². The number of hydrazone groups is 1. The summed E-state index contributed by atoms with van der Waals surface area (Å²) in [7, 11) is 0. The first kappa shape index (κ1) is 21.7. The summed E-state index contributed by atoms with van der Waals surface area (Å²) in [5.74, 6) is 0.488. The minimum atomic E-state index is -1.30. The standard InChI is InChI=1S/C19H23N7O6/c1-2-31-11-5-9(3-4-10(11)28)6-22-25-19-23-16(20)13-17(24-19)26(8-21-13)18-15(30)14(29)12(7-27)32-18/h3-6,8,12,14-15,18,27-30H,2,7H2,1H3,(H3,20,23,24,25)/t12-,14-,15-,18-/m1/s1. The molecule has 4 atom stereocenters. The molecule has 0 amide bonds. The maximum atomic E-state index is 10.3. The second kappa shape index (κ2) is 8.92. The molecule has 0 radical (unpaired) electrons. The summed E-state index contributed by atoms with van der Waals surface area (Å²) < 4.78 is 12.3. The number of hydrogen-bond acceptors (Lipinski definition) is 12. The van der Waals surface area contributed by atoms with Gasteiger partial charge in [-0.1, -0.05) is 0 Å². The fourth-order valence-corrected chi connectivity index (χ4v) is 3.33. The Bertz CT molecular complexity index is 1140. The SMILES string of the molecule is CCOc1cc(C=NNc2nc(N)c3ncn([C@@H]4O[C@H](CO)[C@@H](O)[C@H]4O)c3n2)ccc1O. The molecule has 170 valence electrons. The minimum Gasteiger partial charge on any atom is -0.504 e. The lowest BCUT2D eigenvalue weighted by atomic mass is 10.1. The van der Waals surface area contributed by atoms with Crippen molar-refractivity contribution in [2.24, 2.45) is 5.10 Å². The van der Waals surface area contributed by atoms with Crippen LogP contribution in [0.5, 0.6) is 11.5 Å². The van der Waals surface area contributed by atoms with Gasteiger partial charge >= 0.3 is 0 Å². The van der Waals surface area contributed by atoms with Crippen LogP contribution in [0, 0.1) is 0 Å². The number of phenols is 1. The number of imidazole rings is 1. The van der Waals surface area contributed by atoms with E-state index in [0.29, 0.717) is 17.9 Å². The average Bonchev–Trinajstić information content (AvgIpc) is 3.32. The third-order valence-electron chi connectivity index (χ3n) is 4.90. The van der Waals surface area contributed by atoms with Crippen molar-refractivity contribution in [3.63, 3.8) is 0 Å². The van der Waals surface area contributed by atoms with E-state index in [1.165, 1.54) is 23.2 Å². The maximum absolute atomic E-state index is 10.3. The molecule has 0 saturated carbocycles. The second-order valence-electron chi connectivity index (χ2n) is 7.02. The molecular formula is C19H23N7O6. The highest BCUT2D eigenvalue weighted by Crippen LogP contribution is 2.32. The number of nitrogens with one attached hydrogen (secondary N) is 1. The lowest BCUT2D eigenvalue weighted by Crippen LogP contribution is -2.33. The molecule has 1 aliphatic rings. The molecule has 1 fully saturated rings. The molecule has 1 aliphatic heterocycles. The molecule has 1 aromatic carbocycles. The first-order valence-electron chi connectivity index (χ1n) is 9.80. The Morgan fingerprint density at radius 3 is 2.84 bits per heavy atom. The highest BCUT2D eigenvalue weighted by molar-refractivity contribution is 5.84. The minimum absolute atomic E-state index is 0.0247. The van der Waals surface area contributed by atoms with Gasteiger partial charge in [0.15, 0.2) is 29.2 Å². The maximum Gasteiger partial charge on any atom is 0.247 e. The topological polar surface area (TPSA) is 193 Å². The molecule has 4 rings (SSSR count). The number of rotatable bonds is 7. The summed E-state index contributed by atoms with van der Waals surface area (Å²) in [5.41, 5.74) is 9.83. The fraction of sp³-hybridized carbons (Fsp3) is 0.368. The van der Waals surface area contributed by atoms with Crippen LogP contribution in [0.25, 0.3) is 11.2 Å². The van der Waals surface area contributed by atoms with Gasteiger partial charge in [0.25, 0.3) is 0 Å². The lowest BCUT2D eigenvalue weighted by Gasteiger charge is -2.16. The number of hydrogen-bond donors (Lipinski definition) is 6. The van der Waals surface area contributed by atoms with E-state index < -0.39 is 31.1 Å². The van der Waals surface area contributed by atoms with Crippen molar-refractivity contribution in [1.29, 1.82) is 0 Å². The fourth-order valence-electron chi connectivity index (χ4n) is 3.33. The van der Waals surface area contributed by atoms with Crippen molar-refractivity contribution in [3.8, 4) is 11.5 Å². The van der Waals surface area contributed by atoms with E-state index in [1.54, 1.807) is 12.1 Å². The molecule has 13 nitrogen and oxygen atoms in total. The Morgan fingerprint density at radius 1 is 1.31 bits per heavy atom. The van der Waals surface area contributed by atoms with Crippen LogP contribution in [-0.4, -0.2) is 77.7 Å². The molecule has 3 aromatic rings. The van der Waals surface area contributed by atoms with Crippen molar-refractivity contribution in [2.75, 3.05) is 24.4 Å². The Labute approximate surface area is 181 Å². The molecule has 0 bridgehead atoms. The van der Waals surface area contributed by atoms with Crippen molar-refractivity contribution < 1.29 is 29.9 Å². The Hall–Kier alpha value is -3.52. The zero-order valence-corrected chi connectivity index (χ0v) is 17.0. The zero-order valence-electron chi connectivity index (χ0n) is 17.0. The summed E-state index contributed by atoms with van der Waals surface area (Å²) in [6.07, 6.45) is -1.70. The molecule has 3 heterocycles. The van der Waals surface area contributed by atoms with Gasteiger partial charge in [0.1, 0.15) is 23.8 Å². The molecule has 0 unspecified atom stereocenters. The van der Waals surface area contributed by atoms with E-state index in [2.05, 4.69) is 25.5 Å². The first-order chi connectivity index (χ1) is 15.4. The molecule has 7 N–H and O–H groups in total. The lowest BCUT2D eigenvalue weighted by molar-refractivity contribution is -0.0511. The third kappa shape index (κ3) is 4.01.